The van der Waals surface area contributed by atoms with Gasteiger partial charge < -0.3 is 5.32 Å². The lowest BCUT2D eigenvalue weighted by Gasteiger charge is -2.25. The van der Waals surface area contributed by atoms with Crippen molar-refractivity contribution in [1.29, 1.82) is 0 Å². The minimum absolute atomic E-state index is 0.703. The summed E-state index contributed by atoms with van der Waals surface area (Å²) in [6.45, 7) is 5.96. The zero-order chi connectivity index (χ0) is 13.8. The average molecular weight is 272 g/mol. The first-order valence-electron chi connectivity index (χ1n) is 8.33. The van der Waals surface area contributed by atoms with Crippen molar-refractivity contribution in [2.24, 2.45) is 5.92 Å². The van der Waals surface area contributed by atoms with Gasteiger partial charge in [-0.3, -0.25) is 4.90 Å². The Morgan fingerprint density at radius 3 is 2.65 bits per heavy atom. The van der Waals surface area contributed by atoms with Crippen LogP contribution in [0, 0.1) is 5.92 Å². The minimum atomic E-state index is 0.703. The predicted octanol–water partition coefficient (Wildman–Crippen LogP) is 3.43. The van der Waals surface area contributed by atoms with Crippen molar-refractivity contribution >= 4 is 0 Å². The zero-order valence-corrected chi connectivity index (χ0v) is 12.7. The number of nitrogens with one attached hydrogen (secondary N) is 1. The van der Waals surface area contributed by atoms with Crippen LogP contribution in [-0.4, -0.2) is 30.1 Å². The van der Waals surface area contributed by atoms with E-state index >= 15 is 0 Å². The van der Waals surface area contributed by atoms with Crippen LogP contribution in [0.3, 0.4) is 0 Å². The van der Waals surface area contributed by atoms with Gasteiger partial charge in [0.15, 0.2) is 0 Å². The summed E-state index contributed by atoms with van der Waals surface area (Å²) in [5.74, 6) is 0.929. The molecule has 0 bridgehead atoms. The molecule has 3 rings (SSSR count). The van der Waals surface area contributed by atoms with E-state index in [1.807, 2.05) is 0 Å². The molecule has 1 heterocycles. The van der Waals surface area contributed by atoms with Gasteiger partial charge in [0, 0.05) is 31.7 Å². The first-order valence-corrected chi connectivity index (χ1v) is 8.33. The molecule has 1 saturated carbocycles. The van der Waals surface area contributed by atoms with E-state index in [1.165, 1.54) is 50.8 Å². The quantitative estimate of drug-likeness (QED) is 0.883. The van der Waals surface area contributed by atoms with E-state index in [4.69, 9.17) is 0 Å². The normalized spacial score (nSPS) is 26.1. The maximum Gasteiger partial charge on any atom is 0.0234 e. The molecular formula is C18H28N2. The fraction of sp³-hybridized carbons (Fsp3) is 0.667. The standard InChI is InChI=1S/C18H28N2/c1-15(17-9-5-6-10-17)19-18-11-12-20(14-18)13-16-7-3-2-4-8-16/h2-4,7-8,15,17-19H,5-6,9-14H2,1H3. The lowest BCUT2D eigenvalue weighted by molar-refractivity contribution is 0.300. The van der Waals surface area contributed by atoms with Crippen LogP contribution in [0.5, 0.6) is 0 Å². The third-order valence-electron chi connectivity index (χ3n) is 5.13. The highest BCUT2D eigenvalue weighted by molar-refractivity contribution is 5.14. The fourth-order valence-corrected chi connectivity index (χ4v) is 3.92. The number of rotatable bonds is 5. The maximum absolute atomic E-state index is 3.89. The van der Waals surface area contributed by atoms with Gasteiger partial charge in [-0.25, -0.2) is 0 Å². The molecule has 2 unspecified atom stereocenters. The van der Waals surface area contributed by atoms with Crippen molar-refractivity contribution in [3.8, 4) is 0 Å². The molecule has 2 nitrogen and oxygen atoms in total. The van der Waals surface area contributed by atoms with E-state index in [9.17, 15) is 0 Å². The van der Waals surface area contributed by atoms with Crippen molar-refractivity contribution < 1.29 is 0 Å². The Bertz CT molecular complexity index is 397. The van der Waals surface area contributed by atoms with Gasteiger partial charge in [0.2, 0.25) is 0 Å². The van der Waals surface area contributed by atoms with Crippen LogP contribution in [0.1, 0.15) is 44.6 Å². The van der Waals surface area contributed by atoms with Crippen LogP contribution in [0.25, 0.3) is 0 Å². The van der Waals surface area contributed by atoms with Gasteiger partial charge in [0.05, 0.1) is 0 Å². The highest BCUT2D eigenvalue weighted by atomic mass is 15.2. The predicted molar refractivity (Wildman–Crippen MR) is 84.7 cm³/mol. The van der Waals surface area contributed by atoms with Crippen molar-refractivity contribution in [2.75, 3.05) is 13.1 Å². The molecule has 1 N–H and O–H groups in total. The third kappa shape index (κ3) is 3.62. The van der Waals surface area contributed by atoms with Gasteiger partial charge in [-0.2, -0.15) is 0 Å². The first-order chi connectivity index (χ1) is 9.81. The molecule has 20 heavy (non-hydrogen) atoms. The number of hydrogen-bond donors (Lipinski definition) is 1. The Morgan fingerprint density at radius 2 is 1.90 bits per heavy atom. The number of hydrogen-bond acceptors (Lipinski definition) is 2. The highest BCUT2D eigenvalue weighted by Gasteiger charge is 2.27. The monoisotopic (exact) mass is 272 g/mol. The third-order valence-corrected chi connectivity index (χ3v) is 5.13. The smallest absolute Gasteiger partial charge is 0.0234 e. The second-order valence-corrected chi connectivity index (χ2v) is 6.71. The first kappa shape index (κ1) is 14.1. The largest absolute Gasteiger partial charge is 0.310 e. The summed E-state index contributed by atoms with van der Waals surface area (Å²) in [6.07, 6.45) is 7.08. The Morgan fingerprint density at radius 1 is 1.15 bits per heavy atom. The van der Waals surface area contributed by atoms with E-state index in [0.29, 0.717) is 12.1 Å². The molecule has 0 amide bonds. The number of nitrogens with zero attached hydrogens (tertiary/aromatic N) is 1. The molecule has 2 aliphatic rings. The summed E-state index contributed by atoms with van der Waals surface area (Å²) < 4.78 is 0. The van der Waals surface area contributed by atoms with Crippen molar-refractivity contribution in [1.82, 2.24) is 10.2 Å². The van der Waals surface area contributed by atoms with Gasteiger partial charge in [-0.05, 0) is 37.7 Å². The van der Waals surface area contributed by atoms with Crippen LogP contribution in [0.4, 0.5) is 0 Å². The summed E-state index contributed by atoms with van der Waals surface area (Å²) in [4.78, 5) is 2.59. The van der Waals surface area contributed by atoms with Gasteiger partial charge in [0.25, 0.3) is 0 Å². The van der Waals surface area contributed by atoms with Crippen LogP contribution in [-0.2, 0) is 6.54 Å². The van der Waals surface area contributed by atoms with Crippen LogP contribution in [0.15, 0.2) is 30.3 Å². The van der Waals surface area contributed by atoms with Crippen LogP contribution in [0.2, 0.25) is 0 Å². The van der Waals surface area contributed by atoms with Gasteiger partial charge in [-0.15, -0.1) is 0 Å². The van der Waals surface area contributed by atoms with E-state index < -0.39 is 0 Å². The molecule has 1 aliphatic carbocycles. The van der Waals surface area contributed by atoms with E-state index in [0.717, 1.165) is 12.5 Å². The molecule has 110 valence electrons. The van der Waals surface area contributed by atoms with Crippen molar-refractivity contribution in [2.45, 2.75) is 57.7 Å². The Hall–Kier alpha value is -0.860. The summed E-state index contributed by atoms with van der Waals surface area (Å²) in [5, 5.41) is 3.89. The van der Waals surface area contributed by atoms with E-state index in [-0.39, 0.29) is 0 Å². The molecule has 2 atom stereocenters. The van der Waals surface area contributed by atoms with Crippen molar-refractivity contribution in [3.63, 3.8) is 0 Å². The average Bonchev–Trinajstić information content (AvgIpc) is 3.11. The van der Waals surface area contributed by atoms with E-state index in [1.54, 1.807) is 0 Å². The summed E-state index contributed by atoms with van der Waals surface area (Å²) in [6, 6.07) is 12.3. The fourth-order valence-electron chi connectivity index (χ4n) is 3.92. The molecular weight excluding hydrogens is 244 g/mol. The number of benzene rings is 1. The molecule has 1 saturated heterocycles. The Kier molecular flexibility index (Phi) is 4.74. The Balaban J connectivity index is 1.44. The number of likely N-dealkylation sites (tertiary alicyclic amines) is 1. The summed E-state index contributed by atoms with van der Waals surface area (Å²) in [7, 11) is 0. The Labute approximate surface area is 123 Å². The van der Waals surface area contributed by atoms with Crippen LogP contribution >= 0.6 is 0 Å². The highest BCUT2D eigenvalue weighted by Crippen LogP contribution is 2.28. The molecule has 1 aromatic rings. The second-order valence-electron chi connectivity index (χ2n) is 6.71. The zero-order valence-electron chi connectivity index (χ0n) is 12.7. The van der Waals surface area contributed by atoms with Gasteiger partial charge in [-0.1, -0.05) is 43.2 Å². The summed E-state index contributed by atoms with van der Waals surface area (Å²) in [5.41, 5.74) is 1.44. The van der Waals surface area contributed by atoms with Crippen LogP contribution < -0.4 is 5.32 Å². The molecule has 1 aromatic carbocycles. The molecule has 2 fully saturated rings. The molecule has 0 spiro atoms. The van der Waals surface area contributed by atoms with E-state index in [2.05, 4.69) is 47.5 Å². The SMILES string of the molecule is CC(NC1CCN(Cc2ccccc2)C1)C1CCCC1. The molecule has 0 radical (unpaired) electrons. The van der Waals surface area contributed by atoms with Gasteiger partial charge >= 0.3 is 0 Å². The maximum atomic E-state index is 3.89. The second kappa shape index (κ2) is 6.73. The molecule has 2 heteroatoms. The molecule has 0 aromatic heterocycles. The summed E-state index contributed by atoms with van der Waals surface area (Å²) >= 11 is 0. The minimum Gasteiger partial charge on any atom is -0.310 e. The topological polar surface area (TPSA) is 15.3 Å². The van der Waals surface area contributed by atoms with Crippen molar-refractivity contribution in [3.05, 3.63) is 35.9 Å². The lowest BCUT2D eigenvalue weighted by atomic mass is 9.99. The molecule has 1 aliphatic heterocycles. The van der Waals surface area contributed by atoms with Gasteiger partial charge in [0.1, 0.15) is 0 Å². The lowest BCUT2D eigenvalue weighted by Crippen LogP contribution is -2.41.